The molecule has 0 aromatic carbocycles. The van der Waals surface area contributed by atoms with Gasteiger partial charge in [-0.25, -0.2) is 9.18 Å². The summed E-state index contributed by atoms with van der Waals surface area (Å²) in [5.74, 6) is -9.02. The number of hydrogen-bond acceptors (Lipinski definition) is 2. The number of hydrogen-bond donors (Lipinski definition) is 2. The van der Waals surface area contributed by atoms with Gasteiger partial charge in [0.15, 0.2) is 0 Å². The molecule has 0 aliphatic carbocycles. The number of carboxylic acid groups (broad SMARTS) is 1. The van der Waals surface area contributed by atoms with Crippen LogP contribution in [0.25, 0.3) is 0 Å². The lowest BCUT2D eigenvalue weighted by Crippen LogP contribution is -2.48. The second-order valence-electron chi connectivity index (χ2n) is 3.52. The van der Waals surface area contributed by atoms with Gasteiger partial charge in [0, 0.05) is 13.0 Å². The van der Waals surface area contributed by atoms with E-state index in [4.69, 9.17) is 5.11 Å². The monoisotopic (exact) mass is 281 g/mol. The molecule has 0 unspecified atom stereocenters. The van der Waals surface area contributed by atoms with Crippen molar-refractivity contribution in [3.05, 3.63) is 0 Å². The Kier molecular flexibility index (Phi) is 4.61. The fourth-order valence-corrected chi connectivity index (χ4v) is 0.738. The lowest BCUT2D eigenvalue weighted by atomic mass is 10.1. The van der Waals surface area contributed by atoms with Crippen molar-refractivity contribution in [2.45, 2.75) is 31.1 Å². The lowest BCUT2D eigenvalue weighted by Gasteiger charge is -2.20. The van der Waals surface area contributed by atoms with Crippen molar-refractivity contribution in [2.75, 3.05) is 6.54 Å². The van der Waals surface area contributed by atoms with Gasteiger partial charge in [0.05, 0.1) is 0 Å². The van der Waals surface area contributed by atoms with Gasteiger partial charge in [-0.2, -0.15) is 22.0 Å². The molecule has 0 saturated carbocycles. The van der Waals surface area contributed by atoms with Crippen molar-refractivity contribution in [3.8, 4) is 0 Å². The predicted octanol–water partition coefficient (Wildman–Crippen LogP) is 1.50. The summed E-state index contributed by atoms with van der Waals surface area (Å²) >= 11 is 0. The molecule has 0 aliphatic rings. The van der Waals surface area contributed by atoms with E-state index in [2.05, 4.69) is 0 Å². The molecule has 10 heteroatoms. The zero-order valence-electron chi connectivity index (χ0n) is 8.95. The van der Waals surface area contributed by atoms with Gasteiger partial charge in [-0.05, 0) is 6.92 Å². The SMILES string of the molecule is C[C@@](F)(C(=O)O)C(=O)NCCC(F)(F)C(F)(F)F. The Bertz CT molecular complexity index is 338. The first-order valence-corrected chi connectivity index (χ1v) is 4.47. The van der Waals surface area contributed by atoms with E-state index in [0.29, 0.717) is 6.92 Å². The number of nitrogens with one attached hydrogen (secondary N) is 1. The first-order valence-electron chi connectivity index (χ1n) is 4.47. The van der Waals surface area contributed by atoms with Crippen LogP contribution in [0.1, 0.15) is 13.3 Å². The molecule has 0 aromatic heterocycles. The molecule has 0 rings (SSSR count). The number of rotatable bonds is 5. The van der Waals surface area contributed by atoms with Crippen LogP contribution in [0.5, 0.6) is 0 Å². The van der Waals surface area contributed by atoms with Crippen LogP contribution in [0.2, 0.25) is 0 Å². The Morgan fingerprint density at radius 1 is 1.11 bits per heavy atom. The number of halogens is 6. The molecule has 1 amide bonds. The highest BCUT2D eigenvalue weighted by Crippen LogP contribution is 2.37. The average Bonchev–Trinajstić information content (AvgIpc) is 2.14. The maximum atomic E-state index is 13.0. The molecule has 106 valence electrons. The van der Waals surface area contributed by atoms with Gasteiger partial charge in [0.25, 0.3) is 11.6 Å². The largest absolute Gasteiger partial charge is 0.478 e. The summed E-state index contributed by atoms with van der Waals surface area (Å²) in [6.07, 6.45) is -7.60. The molecule has 18 heavy (non-hydrogen) atoms. The predicted molar refractivity (Wildman–Crippen MR) is 45.8 cm³/mol. The van der Waals surface area contributed by atoms with Crippen LogP contribution in [0.4, 0.5) is 26.3 Å². The molecule has 0 spiro atoms. The average molecular weight is 281 g/mol. The van der Waals surface area contributed by atoms with Gasteiger partial charge >= 0.3 is 18.1 Å². The topological polar surface area (TPSA) is 66.4 Å². The van der Waals surface area contributed by atoms with Gasteiger partial charge in [0.1, 0.15) is 0 Å². The Labute approximate surface area is 97.0 Å². The lowest BCUT2D eigenvalue weighted by molar-refractivity contribution is -0.283. The molecule has 1 atom stereocenters. The summed E-state index contributed by atoms with van der Waals surface area (Å²) in [5.41, 5.74) is -3.40. The molecule has 0 heterocycles. The third kappa shape index (κ3) is 3.77. The normalized spacial score (nSPS) is 15.9. The molecular formula is C8H9F6NO3. The Balaban J connectivity index is 4.39. The maximum absolute atomic E-state index is 13.0. The summed E-state index contributed by atoms with van der Waals surface area (Å²) in [5, 5.41) is 9.59. The van der Waals surface area contributed by atoms with Crippen LogP contribution in [0.15, 0.2) is 0 Å². The van der Waals surface area contributed by atoms with Crippen molar-refractivity contribution >= 4 is 11.9 Å². The molecule has 0 radical (unpaired) electrons. The minimum absolute atomic E-state index is 0.340. The van der Waals surface area contributed by atoms with E-state index in [1.54, 1.807) is 0 Å². The number of carboxylic acids is 1. The smallest absolute Gasteiger partial charge is 0.453 e. The summed E-state index contributed by atoms with van der Waals surface area (Å²) in [4.78, 5) is 21.1. The molecule has 2 N–H and O–H groups in total. The number of carbonyl (C=O) groups excluding carboxylic acids is 1. The zero-order valence-corrected chi connectivity index (χ0v) is 8.95. The fourth-order valence-electron chi connectivity index (χ4n) is 0.738. The molecule has 0 saturated heterocycles. The van der Waals surface area contributed by atoms with Gasteiger partial charge in [-0.1, -0.05) is 0 Å². The molecular weight excluding hydrogens is 272 g/mol. The van der Waals surface area contributed by atoms with Crippen LogP contribution < -0.4 is 5.32 Å². The molecule has 0 bridgehead atoms. The molecule has 0 aromatic rings. The standard InChI is InChI=1S/C8H9F6NO3/c1-6(9,5(17)18)4(16)15-3-2-7(10,11)8(12,13)14/h2-3H2,1H3,(H,15,16)(H,17,18)/t6-/m0/s1. The van der Waals surface area contributed by atoms with Crippen molar-refractivity contribution in [3.63, 3.8) is 0 Å². The highest BCUT2D eigenvalue weighted by Gasteiger charge is 2.56. The van der Waals surface area contributed by atoms with Crippen LogP contribution in [0.3, 0.4) is 0 Å². The quantitative estimate of drug-likeness (QED) is 0.593. The van der Waals surface area contributed by atoms with E-state index in [0.717, 1.165) is 0 Å². The van der Waals surface area contributed by atoms with Gasteiger partial charge < -0.3 is 10.4 Å². The number of aliphatic carboxylic acids is 1. The van der Waals surface area contributed by atoms with Gasteiger partial charge in [-0.15, -0.1) is 0 Å². The first-order chi connectivity index (χ1) is 7.82. The van der Waals surface area contributed by atoms with E-state index < -0.39 is 42.6 Å². The number of carbonyl (C=O) groups is 2. The Hall–Kier alpha value is -1.48. The maximum Gasteiger partial charge on any atom is 0.453 e. The Morgan fingerprint density at radius 3 is 1.89 bits per heavy atom. The van der Waals surface area contributed by atoms with Crippen LogP contribution in [0, 0.1) is 0 Å². The van der Waals surface area contributed by atoms with Crippen molar-refractivity contribution < 1.29 is 41.0 Å². The minimum atomic E-state index is -5.79. The minimum Gasteiger partial charge on any atom is -0.478 e. The third-order valence-corrected chi connectivity index (χ3v) is 1.97. The van der Waals surface area contributed by atoms with Crippen molar-refractivity contribution in [1.29, 1.82) is 0 Å². The van der Waals surface area contributed by atoms with Crippen LogP contribution in [-0.4, -0.2) is 41.3 Å². The second-order valence-corrected chi connectivity index (χ2v) is 3.52. The summed E-state index contributed by atoms with van der Waals surface area (Å²) in [6, 6.07) is 0. The fraction of sp³-hybridized carbons (Fsp3) is 0.750. The van der Waals surface area contributed by atoms with E-state index in [1.807, 2.05) is 0 Å². The highest BCUT2D eigenvalue weighted by molar-refractivity contribution is 6.04. The third-order valence-electron chi connectivity index (χ3n) is 1.97. The summed E-state index contributed by atoms with van der Waals surface area (Å²) < 4.78 is 72.8. The van der Waals surface area contributed by atoms with E-state index in [1.165, 1.54) is 5.32 Å². The van der Waals surface area contributed by atoms with Gasteiger partial charge in [0.2, 0.25) is 0 Å². The molecule has 0 aliphatic heterocycles. The second kappa shape index (κ2) is 5.02. The number of alkyl halides is 6. The Morgan fingerprint density at radius 2 is 1.56 bits per heavy atom. The van der Waals surface area contributed by atoms with Crippen LogP contribution >= 0.6 is 0 Å². The number of amides is 1. The van der Waals surface area contributed by atoms with Gasteiger partial charge in [-0.3, -0.25) is 4.79 Å². The van der Waals surface area contributed by atoms with E-state index in [-0.39, 0.29) is 0 Å². The van der Waals surface area contributed by atoms with Crippen LogP contribution in [-0.2, 0) is 9.59 Å². The summed E-state index contributed by atoms with van der Waals surface area (Å²) in [6.45, 7) is -0.870. The van der Waals surface area contributed by atoms with E-state index >= 15 is 0 Å². The van der Waals surface area contributed by atoms with Crippen molar-refractivity contribution in [1.82, 2.24) is 5.32 Å². The zero-order chi connectivity index (χ0) is 14.8. The highest BCUT2D eigenvalue weighted by atomic mass is 19.4. The molecule has 0 fully saturated rings. The first kappa shape index (κ1) is 16.5. The van der Waals surface area contributed by atoms with Crippen molar-refractivity contribution in [2.24, 2.45) is 0 Å². The molecule has 4 nitrogen and oxygen atoms in total. The van der Waals surface area contributed by atoms with E-state index in [9.17, 15) is 35.9 Å². The summed E-state index contributed by atoms with van der Waals surface area (Å²) in [7, 11) is 0.